The molecule has 172 valence electrons. The van der Waals surface area contributed by atoms with Crippen LogP contribution < -0.4 is 10.6 Å². The highest BCUT2D eigenvalue weighted by Crippen LogP contribution is 2.24. The molecular formula is C23H34FIN4O2. The Kier molecular flexibility index (Phi) is 11.3. The Morgan fingerprint density at radius 3 is 2.71 bits per heavy atom. The number of methoxy groups -OCH3 is 1. The van der Waals surface area contributed by atoms with E-state index in [0.717, 1.165) is 36.9 Å². The van der Waals surface area contributed by atoms with E-state index in [2.05, 4.69) is 15.5 Å². The van der Waals surface area contributed by atoms with Crippen molar-refractivity contribution in [1.82, 2.24) is 15.5 Å². The van der Waals surface area contributed by atoms with E-state index in [9.17, 15) is 4.39 Å². The van der Waals surface area contributed by atoms with Crippen LogP contribution in [0.25, 0.3) is 0 Å². The summed E-state index contributed by atoms with van der Waals surface area (Å²) in [4.78, 5) is 7.18. The summed E-state index contributed by atoms with van der Waals surface area (Å²) < 4.78 is 24.6. The molecule has 0 amide bonds. The Morgan fingerprint density at radius 1 is 1.23 bits per heavy atom. The molecule has 0 aliphatic carbocycles. The van der Waals surface area contributed by atoms with Crippen LogP contribution in [0.15, 0.2) is 46.0 Å². The predicted octanol–water partition coefficient (Wildman–Crippen LogP) is 4.47. The molecule has 3 rings (SSSR count). The molecule has 1 aromatic carbocycles. The zero-order chi connectivity index (χ0) is 21.2. The van der Waals surface area contributed by atoms with E-state index >= 15 is 0 Å². The second-order valence-electron chi connectivity index (χ2n) is 7.56. The van der Waals surface area contributed by atoms with Crippen LogP contribution in [0.5, 0.6) is 0 Å². The summed E-state index contributed by atoms with van der Waals surface area (Å²) in [5, 5.41) is 6.76. The molecule has 1 unspecified atom stereocenters. The topological polar surface area (TPSA) is 62.0 Å². The van der Waals surface area contributed by atoms with Gasteiger partial charge in [0.1, 0.15) is 11.6 Å². The predicted molar refractivity (Wildman–Crippen MR) is 132 cm³/mol. The lowest BCUT2D eigenvalue weighted by Crippen LogP contribution is -2.44. The molecule has 1 fully saturated rings. The van der Waals surface area contributed by atoms with E-state index in [1.54, 1.807) is 19.4 Å². The van der Waals surface area contributed by atoms with Crippen LogP contribution in [0.4, 0.5) is 4.39 Å². The first-order valence-electron chi connectivity index (χ1n) is 10.8. The average molecular weight is 544 g/mol. The molecule has 0 bridgehead atoms. The van der Waals surface area contributed by atoms with Crippen molar-refractivity contribution in [2.24, 2.45) is 4.99 Å². The lowest BCUT2D eigenvalue weighted by Gasteiger charge is -2.33. The second kappa shape index (κ2) is 13.7. The number of furan rings is 1. The monoisotopic (exact) mass is 544 g/mol. The molecule has 1 aliphatic rings. The van der Waals surface area contributed by atoms with Crippen molar-refractivity contribution < 1.29 is 13.5 Å². The third kappa shape index (κ3) is 7.76. The number of guanidine groups is 1. The van der Waals surface area contributed by atoms with Gasteiger partial charge in [0.2, 0.25) is 0 Å². The summed E-state index contributed by atoms with van der Waals surface area (Å²) in [5.41, 5.74) is 1.49. The fourth-order valence-electron chi connectivity index (χ4n) is 3.82. The van der Waals surface area contributed by atoms with E-state index in [1.807, 2.05) is 25.1 Å². The standard InChI is InChI=1S/C23H33FN4O2.HI/c1-3-25-23(26-15-18-9-10-20(24)19(14-18)17-29-2)27-16-21(22-8-7-13-30-22)28-11-5-4-6-12-28;/h7-10,13-14,21H,3-6,11-12,15-17H2,1-2H3,(H2,25,26,27);1H. The van der Waals surface area contributed by atoms with Gasteiger partial charge in [-0.15, -0.1) is 24.0 Å². The minimum absolute atomic E-state index is 0. The molecular weight excluding hydrogens is 510 g/mol. The molecule has 1 saturated heterocycles. The quantitative estimate of drug-likeness (QED) is 0.277. The van der Waals surface area contributed by atoms with Crippen molar-refractivity contribution >= 4 is 29.9 Å². The van der Waals surface area contributed by atoms with E-state index in [4.69, 9.17) is 14.1 Å². The number of piperidine rings is 1. The molecule has 8 heteroatoms. The molecule has 2 N–H and O–H groups in total. The van der Waals surface area contributed by atoms with Crippen LogP contribution in [0, 0.1) is 5.82 Å². The van der Waals surface area contributed by atoms with Gasteiger partial charge in [0.15, 0.2) is 5.96 Å². The highest BCUT2D eigenvalue weighted by Gasteiger charge is 2.24. The van der Waals surface area contributed by atoms with Crippen molar-refractivity contribution in [3.63, 3.8) is 0 Å². The van der Waals surface area contributed by atoms with Gasteiger partial charge >= 0.3 is 0 Å². The number of hydrogen-bond acceptors (Lipinski definition) is 4. The van der Waals surface area contributed by atoms with Crippen LogP contribution in [0.2, 0.25) is 0 Å². The van der Waals surface area contributed by atoms with Crippen LogP contribution in [-0.2, 0) is 17.9 Å². The Labute approximate surface area is 201 Å². The number of aliphatic imine (C=N–C) groups is 1. The smallest absolute Gasteiger partial charge is 0.191 e. The van der Waals surface area contributed by atoms with Gasteiger partial charge in [0.25, 0.3) is 0 Å². The molecule has 2 aromatic rings. The summed E-state index contributed by atoms with van der Waals surface area (Å²) in [6, 6.07) is 9.21. The molecule has 1 aliphatic heterocycles. The lowest BCUT2D eigenvalue weighted by atomic mass is 10.1. The van der Waals surface area contributed by atoms with Crippen LogP contribution in [-0.4, -0.2) is 44.1 Å². The van der Waals surface area contributed by atoms with E-state index in [0.29, 0.717) is 18.7 Å². The SMILES string of the molecule is CCNC(=NCc1ccc(F)c(COC)c1)NCC(c1ccco1)N1CCCCC1.I. The summed E-state index contributed by atoms with van der Waals surface area (Å²) in [6.07, 6.45) is 5.47. The maximum absolute atomic E-state index is 13.8. The summed E-state index contributed by atoms with van der Waals surface area (Å²) >= 11 is 0. The van der Waals surface area contributed by atoms with Gasteiger partial charge in [-0.25, -0.2) is 9.38 Å². The molecule has 1 aromatic heterocycles. The zero-order valence-corrected chi connectivity index (χ0v) is 20.7. The first-order chi connectivity index (χ1) is 14.7. The van der Waals surface area contributed by atoms with Gasteiger partial charge in [0, 0.05) is 25.8 Å². The highest BCUT2D eigenvalue weighted by molar-refractivity contribution is 14.0. The van der Waals surface area contributed by atoms with E-state index in [1.165, 1.54) is 25.3 Å². The van der Waals surface area contributed by atoms with Gasteiger partial charge < -0.3 is 19.8 Å². The van der Waals surface area contributed by atoms with Gasteiger partial charge in [-0.2, -0.15) is 0 Å². The molecule has 2 heterocycles. The van der Waals surface area contributed by atoms with Gasteiger partial charge in [-0.3, -0.25) is 4.90 Å². The normalized spacial score (nSPS) is 15.9. The Balaban J connectivity index is 0.00000341. The summed E-state index contributed by atoms with van der Waals surface area (Å²) in [6.45, 7) is 6.39. The Hall–Kier alpha value is -1.65. The number of nitrogens with zero attached hydrogens (tertiary/aromatic N) is 2. The lowest BCUT2D eigenvalue weighted by molar-refractivity contribution is 0.146. The number of benzene rings is 1. The van der Waals surface area contributed by atoms with Gasteiger partial charge in [-0.1, -0.05) is 12.5 Å². The summed E-state index contributed by atoms with van der Waals surface area (Å²) in [7, 11) is 1.56. The highest BCUT2D eigenvalue weighted by atomic mass is 127. The van der Waals surface area contributed by atoms with E-state index < -0.39 is 0 Å². The molecule has 0 radical (unpaired) electrons. The van der Waals surface area contributed by atoms with Crippen molar-refractivity contribution in [3.05, 3.63) is 59.3 Å². The number of rotatable bonds is 9. The van der Waals surface area contributed by atoms with Crippen molar-refractivity contribution in [1.29, 1.82) is 0 Å². The van der Waals surface area contributed by atoms with Crippen LogP contribution in [0.1, 0.15) is 49.1 Å². The minimum Gasteiger partial charge on any atom is -0.468 e. The Bertz CT molecular complexity index is 795. The number of likely N-dealkylation sites (tertiary alicyclic amines) is 1. The molecule has 6 nitrogen and oxygen atoms in total. The van der Waals surface area contributed by atoms with Crippen molar-refractivity contribution in [2.45, 2.75) is 45.4 Å². The molecule has 1 atom stereocenters. The third-order valence-electron chi connectivity index (χ3n) is 5.34. The Morgan fingerprint density at radius 2 is 2.03 bits per heavy atom. The maximum Gasteiger partial charge on any atom is 0.191 e. The maximum atomic E-state index is 13.8. The van der Waals surface area contributed by atoms with Gasteiger partial charge in [-0.05, 0) is 62.7 Å². The molecule has 0 saturated carbocycles. The van der Waals surface area contributed by atoms with Crippen molar-refractivity contribution in [3.8, 4) is 0 Å². The first kappa shape index (κ1) is 25.6. The number of hydrogen-bond donors (Lipinski definition) is 2. The third-order valence-corrected chi connectivity index (χ3v) is 5.34. The van der Waals surface area contributed by atoms with Crippen LogP contribution >= 0.6 is 24.0 Å². The first-order valence-corrected chi connectivity index (χ1v) is 10.8. The van der Waals surface area contributed by atoms with Crippen LogP contribution in [0.3, 0.4) is 0 Å². The molecule has 31 heavy (non-hydrogen) atoms. The summed E-state index contributed by atoms with van der Waals surface area (Å²) in [5.74, 6) is 1.46. The van der Waals surface area contributed by atoms with Crippen molar-refractivity contribution in [2.75, 3.05) is 33.3 Å². The van der Waals surface area contributed by atoms with Gasteiger partial charge in [0.05, 0.1) is 25.5 Å². The fraction of sp³-hybridized carbons (Fsp3) is 0.522. The number of ether oxygens (including phenoxy) is 1. The minimum atomic E-state index is -0.252. The fourth-order valence-corrected chi connectivity index (χ4v) is 3.82. The number of halogens is 2. The second-order valence-corrected chi connectivity index (χ2v) is 7.56. The molecule has 0 spiro atoms. The van der Waals surface area contributed by atoms with E-state index in [-0.39, 0.29) is 42.4 Å². The number of nitrogens with one attached hydrogen (secondary N) is 2. The largest absolute Gasteiger partial charge is 0.468 e. The zero-order valence-electron chi connectivity index (χ0n) is 18.4. The average Bonchev–Trinajstić information content (AvgIpc) is 3.29.